The second-order valence-corrected chi connectivity index (χ2v) is 6.63. The van der Waals surface area contributed by atoms with Gasteiger partial charge in [-0.3, -0.25) is 0 Å². The van der Waals surface area contributed by atoms with E-state index in [2.05, 4.69) is 50.3 Å². The Hall–Kier alpha value is -1.59. The fraction of sp³-hybridized carbons (Fsp3) is 0.471. The lowest BCUT2D eigenvalue weighted by molar-refractivity contribution is 0.0764. The molecule has 0 aromatic heterocycles. The topological polar surface area (TPSA) is 33.0 Å². The first-order valence-corrected chi connectivity index (χ1v) is 6.88. The fourth-order valence-electron chi connectivity index (χ4n) is 4.64. The van der Waals surface area contributed by atoms with Crippen molar-refractivity contribution >= 4 is 0 Å². The molecule has 0 amide bonds. The molecule has 0 N–H and O–H groups in total. The van der Waals surface area contributed by atoms with Gasteiger partial charge in [-0.15, -0.1) is 0 Å². The van der Waals surface area contributed by atoms with Crippen LogP contribution < -0.4 is 0 Å². The Balaban J connectivity index is 2.15. The standard InChI is InChI=1S/C17H17NO/c1-15(2)14-9-19-11-16(14)7-8-17(15,10-18)13-6-4-3-5-12(13)16/h3-8,14H,9,11H2,1-2H3/t14?,16?,17-/m0/s1. The molecule has 2 heteroatoms. The van der Waals surface area contributed by atoms with Crippen LogP contribution in [-0.4, -0.2) is 13.2 Å². The summed E-state index contributed by atoms with van der Waals surface area (Å²) in [6, 6.07) is 11.1. The molecule has 2 nitrogen and oxygen atoms in total. The van der Waals surface area contributed by atoms with Gasteiger partial charge in [0.1, 0.15) is 5.41 Å². The maximum absolute atomic E-state index is 9.92. The van der Waals surface area contributed by atoms with E-state index in [1.54, 1.807) is 0 Å². The molecule has 1 aliphatic heterocycles. The van der Waals surface area contributed by atoms with Crippen molar-refractivity contribution in [1.29, 1.82) is 5.26 Å². The Morgan fingerprint density at radius 1 is 1.21 bits per heavy atom. The van der Waals surface area contributed by atoms with Crippen molar-refractivity contribution in [3.05, 3.63) is 47.5 Å². The molecule has 1 saturated heterocycles. The van der Waals surface area contributed by atoms with Gasteiger partial charge in [0.05, 0.1) is 19.3 Å². The van der Waals surface area contributed by atoms with Crippen LogP contribution in [0.4, 0.5) is 0 Å². The van der Waals surface area contributed by atoms with E-state index in [4.69, 9.17) is 4.74 Å². The first-order valence-electron chi connectivity index (χ1n) is 6.88. The molecular weight excluding hydrogens is 234 g/mol. The zero-order valence-corrected chi connectivity index (χ0v) is 11.3. The number of nitrogens with zero attached hydrogens (tertiary/aromatic N) is 1. The van der Waals surface area contributed by atoms with Crippen LogP contribution in [0.2, 0.25) is 0 Å². The van der Waals surface area contributed by atoms with E-state index < -0.39 is 5.41 Å². The molecule has 1 heterocycles. The minimum absolute atomic E-state index is 0.0152. The summed E-state index contributed by atoms with van der Waals surface area (Å²) in [4.78, 5) is 0. The average Bonchev–Trinajstić information content (AvgIpc) is 2.86. The molecule has 4 aliphatic rings. The largest absolute Gasteiger partial charge is 0.380 e. The summed E-state index contributed by atoms with van der Waals surface area (Å²) < 4.78 is 5.83. The lowest BCUT2D eigenvalue weighted by Crippen LogP contribution is -2.59. The van der Waals surface area contributed by atoms with Crippen LogP contribution >= 0.6 is 0 Å². The third-order valence-electron chi connectivity index (χ3n) is 5.80. The highest BCUT2D eigenvalue weighted by Gasteiger charge is 2.66. The summed E-state index contributed by atoms with van der Waals surface area (Å²) in [7, 11) is 0. The van der Waals surface area contributed by atoms with Crippen molar-refractivity contribution in [3.63, 3.8) is 0 Å². The van der Waals surface area contributed by atoms with Crippen LogP contribution in [0.5, 0.6) is 0 Å². The quantitative estimate of drug-likeness (QED) is 0.664. The van der Waals surface area contributed by atoms with Gasteiger partial charge in [-0.25, -0.2) is 0 Å². The van der Waals surface area contributed by atoms with Crippen LogP contribution in [0.1, 0.15) is 25.0 Å². The zero-order chi connectivity index (χ0) is 13.3. The van der Waals surface area contributed by atoms with Crippen LogP contribution in [-0.2, 0) is 15.6 Å². The van der Waals surface area contributed by atoms with E-state index in [9.17, 15) is 5.26 Å². The Morgan fingerprint density at radius 2 is 1.95 bits per heavy atom. The maximum atomic E-state index is 9.92. The summed E-state index contributed by atoms with van der Waals surface area (Å²) in [5.74, 6) is 0.388. The van der Waals surface area contributed by atoms with Crippen molar-refractivity contribution in [3.8, 4) is 6.07 Å². The number of benzene rings is 1. The minimum Gasteiger partial charge on any atom is -0.380 e. The predicted molar refractivity (Wildman–Crippen MR) is 72.6 cm³/mol. The molecule has 2 unspecified atom stereocenters. The molecule has 1 fully saturated rings. The molecular formula is C17H17NO. The Morgan fingerprint density at radius 3 is 2.68 bits per heavy atom. The van der Waals surface area contributed by atoms with Crippen LogP contribution in [0.3, 0.4) is 0 Å². The van der Waals surface area contributed by atoms with Gasteiger partial charge in [-0.05, 0) is 16.5 Å². The number of allylic oxidation sites excluding steroid dienone is 1. The van der Waals surface area contributed by atoms with E-state index in [-0.39, 0.29) is 10.8 Å². The summed E-state index contributed by atoms with van der Waals surface area (Å²) in [6.45, 7) is 5.96. The highest BCUT2D eigenvalue weighted by molar-refractivity contribution is 5.60. The SMILES string of the molecule is CC1(C)C2COCC23C=C[C@]1(C#N)c1ccccc13. The summed E-state index contributed by atoms with van der Waals surface area (Å²) in [5, 5.41) is 9.92. The Bertz CT molecular complexity index is 639. The van der Waals surface area contributed by atoms with Gasteiger partial charge in [0.15, 0.2) is 0 Å². The highest BCUT2D eigenvalue weighted by Crippen LogP contribution is 2.65. The fourth-order valence-corrected chi connectivity index (χ4v) is 4.64. The zero-order valence-electron chi connectivity index (χ0n) is 11.3. The monoisotopic (exact) mass is 251 g/mol. The first-order chi connectivity index (χ1) is 9.08. The number of hydrogen-bond acceptors (Lipinski definition) is 2. The van der Waals surface area contributed by atoms with Gasteiger partial charge < -0.3 is 4.74 Å². The Kier molecular flexibility index (Phi) is 1.84. The molecule has 1 aromatic carbocycles. The van der Waals surface area contributed by atoms with Crippen molar-refractivity contribution in [2.75, 3.05) is 13.2 Å². The lowest BCUT2D eigenvalue weighted by atomic mass is 9.42. The summed E-state index contributed by atoms with van der Waals surface area (Å²) >= 11 is 0. The average molecular weight is 251 g/mol. The van der Waals surface area contributed by atoms with Gasteiger partial charge in [-0.1, -0.05) is 50.3 Å². The number of nitriles is 1. The second kappa shape index (κ2) is 3.11. The van der Waals surface area contributed by atoms with Crippen molar-refractivity contribution < 1.29 is 4.74 Å². The van der Waals surface area contributed by atoms with Crippen LogP contribution in [0.25, 0.3) is 0 Å². The van der Waals surface area contributed by atoms with E-state index in [1.165, 1.54) is 11.1 Å². The first kappa shape index (κ1) is 11.3. The highest BCUT2D eigenvalue weighted by atomic mass is 16.5. The van der Waals surface area contributed by atoms with Crippen LogP contribution in [0, 0.1) is 22.7 Å². The van der Waals surface area contributed by atoms with Gasteiger partial charge in [-0.2, -0.15) is 5.26 Å². The van der Waals surface area contributed by atoms with E-state index in [1.807, 2.05) is 6.07 Å². The molecule has 0 radical (unpaired) electrons. The van der Waals surface area contributed by atoms with Crippen LogP contribution in [0.15, 0.2) is 36.4 Å². The summed E-state index contributed by atoms with van der Waals surface area (Å²) in [6.07, 6.45) is 4.39. The third kappa shape index (κ3) is 0.965. The van der Waals surface area contributed by atoms with Gasteiger partial charge >= 0.3 is 0 Å². The molecule has 1 spiro atoms. The van der Waals surface area contributed by atoms with Crippen molar-refractivity contribution in [2.45, 2.75) is 24.7 Å². The van der Waals surface area contributed by atoms with Gasteiger partial charge in [0.2, 0.25) is 0 Å². The molecule has 3 atom stereocenters. The molecule has 96 valence electrons. The molecule has 19 heavy (non-hydrogen) atoms. The van der Waals surface area contributed by atoms with E-state index in [0.29, 0.717) is 5.92 Å². The smallest absolute Gasteiger partial charge is 0.106 e. The second-order valence-electron chi connectivity index (χ2n) is 6.63. The lowest BCUT2D eigenvalue weighted by Gasteiger charge is -2.58. The van der Waals surface area contributed by atoms with Crippen molar-refractivity contribution in [1.82, 2.24) is 0 Å². The van der Waals surface area contributed by atoms with Gasteiger partial charge in [0, 0.05) is 11.3 Å². The third-order valence-corrected chi connectivity index (χ3v) is 5.80. The molecule has 2 bridgehead atoms. The normalized spacial score (nSPS) is 40.6. The van der Waals surface area contributed by atoms with E-state index >= 15 is 0 Å². The van der Waals surface area contributed by atoms with Gasteiger partial charge in [0.25, 0.3) is 0 Å². The predicted octanol–water partition coefficient (Wildman–Crippen LogP) is 2.94. The number of rotatable bonds is 0. The van der Waals surface area contributed by atoms with Crippen molar-refractivity contribution in [2.24, 2.45) is 11.3 Å². The molecule has 5 rings (SSSR count). The summed E-state index contributed by atoms with van der Waals surface area (Å²) in [5.41, 5.74) is 1.87. The molecule has 3 aliphatic carbocycles. The minimum atomic E-state index is -0.510. The molecule has 1 aromatic rings. The number of hydrogen-bond donors (Lipinski definition) is 0. The Labute approximate surface area is 113 Å². The number of ether oxygens (including phenoxy) is 1. The maximum Gasteiger partial charge on any atom is 0.106 e. The van der Waals surface area contributed by atoms with E-state index in [0.717, 1.165) is 13.2 Å². The molecule has 0 saturated carbocycles.